The quantitative estimate of drug-likeness (QED) is 0.129. The van der Waals surface area contributed by atoms with Gasteiger partial charge in [0.25, 0.3) is 0 Å². The van der Waals surface area contributed by atoms with Crippen LogP contribution < -0.4 is 0 Å². The number of ether oxygens (including phenoxy) is 4. The van der Waals surface area contributed by atoms with Gasteiger partial charge in [0.15, 0.2) is 13.1 Å². The number of allylic oxidation sites excluding steroid dienone is 1. The number of hydrogen-bond donors (Lipinski definition) is 0. The van der Waals surface area contributed by atoms with Crippen molar-refractivity contribution in [3.8, 4) is 0 Å². The molecule has 0 unspecified atom stereocenters. The Morgan fingerprint density at radius 2 is 1.27 bits per heavy atom. The van der Waals surface area contributed by atoms with Gasteiger partial charge in [-0.2, -0.15) is 0 Å². The van der Waals surface area contributed by atoms with E-state index in [1.165, 1.54) is 44.9 Å². The second kappa shape index (κ2) is 22.5. The third-order valence-electron chi connectivity index (χ3n) is 4.02. The maximum Gasteiger partial charge on any atom is 0.188 e. The van der Waals surface area contributed by atoms with Crippen molar-refractivity contribution in [3.63, 3.8) is 0 Å². The van der Waals surface area contributed by atoms with Crippen LogP contribution in [0.25, 0.3) is 0 Å². The van der Waals surface area contributed by atoms with Crippen molar-refractivity contribution < 1.29 is 18.9 Å². The zero-order valence-corrected chi connectivity index (χ0v) is 17.7. The Bertz CT molecular complexity index is 273. The van der Waals surface area contributed by atoms with Gasteiger partial charge < -0.3 is 18.9 Å². The van der Waals surface area contributed by atoms with Crippen LogP contribution in [0.4, 0.5) is 0 Å². The summed E-state index contributed by atoms with van der Waals surface area (Å²) in [5, 5.41) is 0. The van der Waals surface area contributed by atoms with Crippen molar-refractivity contribution in [1.29, 1.82) is 0 Å². The lowest BCUT2D eigenvalue weighted by atomic mass is 10.1. The first-order valence-electron chi connectivity index (χ1n) is 10.9. The fourth-order valence-electron chi connectivity index (χ4n) is 2.60. The molecule has 0 bridgehead atoms. The van der Waals surface area contributed by atoms with Crippen molar-refractivity contribution >= 4 is 0 Å². The van der Waals surface area contributed by atoms with Crippen LogP contribution in [0.1, 0.15) is 97.8 Å². The Morgan fingerprint density at radius 3 is 1.88 bits per heavy atom. The molecule has 0 aromatic heterocycles. The van der Waals surface area contributed by atoms with Crippen LogP contribution in [0.5, 0.6) is 0 Å². The molecule has 0 radical (unpaired) electrons. The normalized spacial score (nSPS) is 11.7. The largest absolute Gasteiger partial charge is 0.475 e. The fraction of sp³-hybridized carbons (Fsp3) is 0.909. The maximum absolute atomic E-state index is 5.77. The maximum atomic E-state index is 5.77. The van der Waals surface area contributed by atoms with Gasteiger partial charge >= 0.3 is 0 Å². The van der Waals surface area contributed by atoms with Gasteiger partial charge in [-0.05, 0) is 51.0 Å². The minimum absolute atomic E-state index is 0.0104. The Balaban J connectivity index is 3.34. The van der Waals surface area contributed by atoms with Crippen LogP contribution in [0, 0.1) is 0 Å². The van der Waals surface area contributed by atoms with Gasteiger partial charge in [-0.25, -0.2) is 0 Å². The molecule has 0 rings (SSSR count). The van der Waals surface area contributed by atoms with E-state index in [0.29, 0.717) is 6.79 Å². The van der Waals surface area contributed by atoms with Gasteiger partial charge in [-0.3, -0.25) is 0 Å². The van der Waals surface area contributed by atoms with E-state index in [9.17, 15) is 0 Å². The highest BCUT2D eigenvalue weighted by Crippen LogP contribution is 2.13. The lowest BCUT2D eigenvalue weighted by Gasteiger charge is -2.18. The molecule has 0 heterocycles. The molecular weight excluding hydrogens is 328 g/mol. The van der Waals surface area contributed by atoms with E-state index in [0.717, 1.165) is 51.9 Å². The van der Waals surface area contributed by atoms with Crippen LogP contribution in [-0.4, -0.2) is 32.9 Å². The summed E-state index contributed by atoms with van der Waals surface area (Å²) >= 11 is 0. The Kier molecular flexibility index (Phi) is 22.0. The Labute approximate surface area is 162 Å². The highest BCUT2D eigenvalue weighted by Gasteiger charge is 2.08. The number of unbranched alkanes of at least 4 members (excludes halogenated alkanes) is 7. The van der Waals surface area contributed by atoms with Gasteiger partial charge in [0.05, 0.1) is 12.9 Å². The van der Waals surface area contributed by atoms with Crippen LogP contribution in [0.3, 0.4) is 0 Å². The summed E-state index contributed by atoms with van der Waals surface area (Å²) in [5.41, 5.74) is 0. The topological polar surface area (TPSA) is 36.9 Å². The molecule has 0 fully saturated rings. The van der Waals surface area contributed by atoms with Crippen molar-refractivity contribution in [2.45, 2.75) is 104 Å². The van der Waals surface area contributed by atoms with Crippen LogP contribution >= 0.6 is 0 Å². The standard InChI is InChI=1S/C22H44O4/c1-4-17-23-21-24-20-15-13-11-9-7-8-10-12-14-16-22(25-18-5-2)26-19-6-3/h15,20,22H,4-14,16-19,21H2,1-3H3. The minimum Gasteiger partial charge on any atom is -0.475 e. The van der Waals surface area contributed by atoms with Crippen molar-refractivity contribution in [1.82, 2.24) is 0 Å². The molecule has 0 aliphatic heterocycles. The summed E-state index contributed by atoms with van der Waals surface area (Å²) in [6, 6.07) is 0. The smallest absolute Gasteiger partial charge is 0.188 e. The van der Waals surface area contributed by atoms with E-state index < -0.39 is 0 Å². The summed E-state index contributed by atoms with van der Waals surface area (Å²) in [5.74, 6) is 0. The SMILES string of the molecule is CCCOCOC=CCCCCCCCCCC(OCCC)OCCC. The van der Waals surface area contributed by atoms with Gasteiger partial charge in [-0.15, -0.1) is 0 Å². The van der Waals surface area contributed by atoms with Crippen molar-refractivity contribution in [2.75, 3.05) is 26.6 Å². The fourth-order valence-corrected chi connectivity index (χ4v) is 2.60. The molecule has 0 aliphatic carbocycles. The molecule has 0 saturated heterocycles. The number of rotatable bonds is 21. The Morgan fingerprint density at radius 1 is 0.692 bits per heavy atom. The zero-order valence-electron chi connectivity index (χ0n) is 17.7. The monoisotopic (exact) mass is 372 g/mol. The predicted molar refractivity (Wildman–Crippen MR) is 109 cm³/mol. The lowest BCUT2D eigenvalue weighted by molar-refractivity contribution is -0.146. The second-order valence-electron chi connectivity index (χ2n) is 6.79. The van der Waals surface area contributed by atoms with E-state index in [-0.39, 0.29) is 6.29 Å². The van der Waals surface area contributed by atoms with Crippen molar-refractivity contribution in [2.24, 2.45) is 0 Å². The molecule has 0 aromatic carbocycles. The summed E-state index contributed by atoms with van der Waals surface area (Å²) in [6.07, 6.45) is 18.2. The molecule has 0 aromatic rings. The third-order valence-corrected chi connectivity index (χ3v) is 4.02. The molecular formula is C22H44O4. The highest BCUT2D eigenvalue weighted by atomic mass is 16.7. The molecule has 0 spiro atoms. The molecule has 0 saturated carbocycles. The van der Waals surface area contributed by atoms with Crippen molar-refractivity contribution in [3.05, 3.63) is 12.3 Å². The van der Waals surface area contributed by atoms with E-state index in [1.807, 2.05) is 0 Å². The summed E-state index contributed by atoms with van der Waals surface area (Å²) in [4.78, 5) is 0. The van der Waals surface area contributed by atoms with E-state index in [2.05, 4.69) is 26.8 Å². The number of hydrogen-bond acceptors (Lipinski definition) is 4. The molecule has 0 N–H and O–H groups in total. The second-order valence-corrected chi connectivity index (χ2v) is 6.79. The molecule has 0 aliphatic rings. The van der Waals surface area contributed by atoms with Crippen LogP contribution in [0.15, 0.2) is 12.3 Å². The van der Waals surface area contributed by atoms with E-state index in [4.69, 9.17) is 18.9 Å². The third kappa shape index (κ3) is 19.7. The molecule has 26 heavy (non-hydrogen) atoms. The molecule has 0 atom stereocenters. The average Bonchev–Trinajstić information content (AvgIpc) is 2.66. The summed E-state index contributed by atoms with van der Waals surface area (Å²) < 4.78 is 22.0. The molecule has 0 amide bonds. The lowest BCUT2D eigenvalue weighted by Crippen LogP contribution is -2.18. The highest BCUT2D eigenvalue weighted by molar-refractivity contribution is 4.72. The first-order valence-corrected chi connectivity index (χ1v) is 10.9. The predicted octanol–water partition coefficient (Wildman–Crippen LogP) is 6.59. The van der Waals surface area contributed by atoms with E-state index >= 15 is 0 Å². The molecule has 4 nitrogen and oxygen atoms in total. The van der Waals surface area contributed by atoms with Gasteiger partial charge in [-0.1, -0.05) is 52.9 Å². The molecule has 4 heteroatoms. The minimum atomic E-state index is 0.0104. The summed E-state index contributed by atoms with van der Waals surface area (Å²) in [6.45, 7) is 9.13. The summed E-state index contributed by atoms with van der Waals surface area (Å²) in [7, 11) is 0. The van der Waals surface area contributed by atoms with Gasteiger partial charge in [0, 0.05) is 13.2 Å². The zero-order chi connectivity index (χ0) is 19.1. The molecule has 156 valence electrons. The first-order chi connectivity index (χ1) is 12.8. The van der Waals surface area contributed by atoms with Crippen LogP contribution in [0.2, 0.25) is 0 Å². The first kappa shape index (κ1) is 25.4. The van der Waals surface area contributed by atoms with Gasteiger partial charge in [0.2, 0.25) is 0 Å². The van der Waals surface area contributed by atoms with E-state index in [1.54, 1.807) is 6.26 Å². The Hall–Kier alpha value is -0.580. The van der Waals surface area contributed by atoms with Crippen LogP contribution in [-0.2, 0) is 18.9 Å². The average molecular weight is 373 g/mol. The van der Waals surface area contributed by atoms with Gasteiger partial charge in [0.1, 0.15) is 0 Å².